The lowest BCUT2D eigenvalue weighted by Crippen LogP contribution is -2.06. The number of aliphatic hydroxyl groups is 1. The third kappa shape index (κ3) is 3.50. The van der Waals surface area contributed by atoms with Gasteiger partial charge in [-0.2, -0.15) is 5.26 Å². The van der Waals surface area contributed by atoms with E-state index >= 15 is 0 Å². The average Bonchev–Trinajstić information content (AvgIpc) is 1.88. The Morgan fingerprint density at radius 3 is 2.80 bits per heavy atom. The van der Waals surface area contributed by atoms with Crippen LogP contribution in [0.5, 0.6) is 0 Å². The molecule has 0 aliphatic heterocycles. The van der Waals surface area contributed by atoms with Crippen molar-refractivity contribution in [3.8, 4) is 6.07 Å². The molecule has 0 bridgehead atoms. The van der Waals surface area contributed by atoms with Crippen molar-refractivity contribution in [2.24, 2.45) is 0 Å². The van der Waals surface area contributed by atoms with Crippen LogP contribution in [0, 0.1) is 11.3 Å². The van der Waals surface area contributed by atoms with Crippen molar-refractivity contribution in [2.45, 2.75) is 6.42 Å². The highest BCUT2D eigenvalue weighted by atomic mass is 16.5. The number of nitrogens with zero attached hydrogens (tertiary/aromatic N) is 1. The molecule has 54 valence electrons. The normalized spacial score (nSPS) is 7.90. The van der Waals surface area contributed by atoms with E-state index in [9.17, 15) is 4.79 Å². The lowest BCUT2D eigenvalue weighted by Gasteiger charge is -1.97. The van der Waals surface area contributed by atoms with Crippen LogP contribution in [0.4, 0.5) is 0 Å². The second kappa shape index (κ2) is 4.39. The predicted octanol–water partition coefficient (Wildman–Crippen LogP) is 0.515. The Hall–Kier alpha value is -1.50. The molecule has 0 rings (SSSR count). The second-order valence-electron chi connectivity index (χ2n) is 1.49. The zero-order chi connectivity index (χ0) is 7.98. The first-order valence-corrected chi connectivity index (χ1v) is 2.60. The number of hydrogen-bond acceptors (Lipinski definition) is 4. The summed E-state index contributed by atoms with van der Waals surface area (Å²) >= 11 is 0. The van der Waals surface area contributed by atoms with Crippen molar-refractivity contribution < 1.29 is 14.6 Å². The highest BCUT2D eigenvalue weighted by molar-refractivity contribution is 5.84. The van der Waals surface area contributed by atoms with Crippen LogP contribution in [-0.2, 0) is 9.53 Å². The zero-order valence-corrected chi connectivity index (χ0v) is 5.33. The number of hydrogen-bond donors (Lipinski definition) is 1. The molecule has 10 heavy (non-hydrogen) atoms. The van der Waals surface area contributed by atoms with Crippen LogP contribution >= 0.6 is 0 Å². The molecule has 0 saturated heterocycles. The number of nitriles is 1. The van der Waals surface area contributed by atoms with E-state index in [4.69, 9.17) is 10.4 Å². The summed E-state index contributed by atoms with van der Waals surface area (Å²) in [5, 5.41) is 16.4. The van der Waals surface area contributed by atoms with Gasteiger partial charge in [0, 0.05) is 0 Å². The van der Waals surface area contributed by atoms with Crippen molar-refractivity contribution >= 4 is 5.97 Å². The molecule has 1 N–H and O–H groups in total. The Bertz CT molecular complexity index is 180. The first-order valence-electron chi connectivity index (χ1n) is 2.60. The molecule has 4 heteroatoms. The highest BCUT2D eigenvalue weighted by Crippen LogP contribution is 1.89. The maximum atomic E-state index is 10.3. The van der Waals surface area contributed by atoms with Gasteiger partial charge in [-0.3, -0.25) is 0 Å². The Labute approximate surface area is 58.3 Å². The number of carbonyl (C=O) groups excluding carboxylic acids is 1. The summed E-state index contributed by atoms with van der Waals surface area (Å²) in [5.41, 5.74) is 0. The van der Waals surface area contributed by atoms with E-state index < -0.39 is 11.7 Å². The fourth-order valence-electron chi connectivity index (χ4n) is 0.273. The van der Waals surface area contributed by atoms with Crippen LogP contribution in [0.25, 0.3) is 0 Å². The number of carbonyl (C=O) groups is 1. The Morgan fingerprint density at radius 1 is 1.80 bits per heavy atom. The van der Waals surface area contributed by atoms with Gasteiger partial charge in [0.1, 0.15) is 6.61 Å². The van der Waals surface area contributed by atoms with Crippen molar-refractivity contribution in [3.05, 3.63) is 12.3 Å². The van der Waals surface area contributed by atoms with Gasteiger partial charge in [0.25, 0.3) is 0 Å². The topological polar surface area (TPSA) is 70.3 Å². The van der Waals surface area contributed by atoms with Gasteiger partial charge in [0.2, 0.25) is 0 Å². The van der Waals surface area contributed by atoms with E-state index in [1.807, 2.05) is 0 Å². The Kier molecular flexibility index (Phi) is 3.73. The predicted molar refractivity (Wildman–Crippen MR) is 33.0 cm³/mol. The van der Waals surface area contributed by atoms with E-state index in [0.717, 1.165) is 0 Å². The number of ether oxygens (including phenoxy) is 1. The monoisotopic (exact) mass is 141 g/mol. The highest BCUT2D eigenvalue weighted by Gasteiger charge is 2.03. The van der Waals surface area contributed by atoms with Crippen molar-refractivity contribution in [3.63, 3.8) is 0 Å². The van der Waals surface area contributed by atoms with E-state index in [2.05, 4.69) is 11.3 Å². The first kappa shape index (κ1) is 8.50. The molecule has 4 nitrogen and oxygen atoms in total. The molecule has 0 aliphatic rings. The average molecular weight is 141 g/mol. The number of esters is 1. The van der Waals surface area contributed by atoms with Gasteiger partial charge in [-0.25, -0.2) is 4.79 Å². The van der Waals surface area contributed by atoms with Gasteiger partial charge in [0.05, 0.1) is 12.5 Å². The van der Waals surface area contributed by atoms with Gasteiger partial charge in [-0.15, -0.1) is 0 Å². The van der Waals surface area contributed by atoms with Crippen LogP contribution in [0.2, 0.25) is 0 Å². The maximum Gasteiger partial charge on any atom is 0.372 e. The van der Waals surface area contributed by atoms with Crippen LogP contribution in [0.1, 0.15) is 6.42 Å². The van der Waals surface area contributed by atoms with Gasteiger partial charge in [-0.1, -0.05) is 0 Å². The molecule has 0 fully saturated rings. The minimum atomic E-state index is -0.879. The third-order valence-corrected chi connectivity index (χ3v) is 0.683. The summed E-state index contributed by atoms with van der Waals surface area (Å²) in [6.07, 6.45) is 0.124. The van der Waals surface area contributed by atoms with Crippen LogP contribution < -0.4 is 0 Å². The Balaban J connectivity index is 3.43. The quantitative estimate of drug-likeness (QED) is 0.269. The standard InChI is InChI=1S/C6H7NO3/c1-5(8)6(9)10-4-2-3-7/h8H,1-2,4H2. The van der Waals surface area contributed by atoms with Gasteiger partial charge in [-0.05, 0) is 6.58 Å². The lowest BCUT2D eigenvalue weighted by molar-refractivity contribution is -0.141. The molecule has 0 radical (unpaired) electrons. The minimum absolute atomic E-state index is 0.00505. The van der Waals surface area contributed by atoms with E-state index in [1.54, 1.807) is 6.07 Å². The summed E-state index contributed by atoms with van der Waals surface area (Å²) in [6.45, 7) is 2.93. The molecule has 0 aromatic heterocycles. The molecule has 0 heterocycles. The summed E-state index contributed by atoms with van der Waals surface area (Å²) in [6, 6.07) is 1.77. The summed E-state index contributed by atoms with van der Waals surface area (Å²) in [4.78, 5) is 10.3. The minimum Gasteiger partial charge on any atom is -0.502 e. The molecule has 0 unspecified atom stereocenters. The van der Waals surface area contributed by atoms with Crippen molar-refractivity contribution in [1.82, 2.24) is 0 Å². The largest absolute Gasteiger partial charge is 0.502 e. The van der Waals surface area contributed by atoms with E-state index in [1.165, 1.54) is 0 Å². The van der Waals surface area contributed by atoms with Crippen molar-refractivity contribution in [1.29, 1.82) is 5.26 Å². The molecule has 0 aromatic carbocycles. The zero-order valence-electron chi connectivity index (χ0n) is 5.33. The molecular formula is C6H7NO3. The van der Waals surface area contributed by atoms with Gasteiger partial charge >= 0.3 is 5.97 Å². The van der Waals surface area contributed by atoms with E-state index in [-0.39, 0.29) is 13.0 Å². The van der Waals surface area contributed by atoms with Crippen molar-refractivity contribution in [2.75, 3.05) is 6.61 Å². The summed E-state index contributed by atoms with van der Waals surface area (Å²) in [5.74, 6) is -1.52. The molecule has 0 amide bonds. The molecule has 0 spiro atoms. The third-order valence-electron chi connectivity index (χ3n) is 0.683. The first-order chi connectivity index (χ1) is 4.68. The van der Waals surface area contributed by atoms with Gasteiger partial charge < -0.3 is 9.84 Å². The maximum absolute atomic E-state index is 10.3. The molecule has 0 aliphatic carbocycles. The fourth-order valence-corrected chi connectivity index (χ4v) is 0.273. The second-order valence-corrected chi connectivity index (χ2v) is 1.49. The SMILES string of the molecule is C=C(O)C(=O)OCCC#N. The molecular weight excluding hydrogens is 134 g/mol. The summed E-state index contributed by atoms with van der Waals surface area (Å²) < 4.78 is 4.33. The van der Waals surface area contributed by atoms with Gasteiger partial charge in [0.15, 0.2) is 5.76 Å². The van der Waals surface area contributed by atoms with Crippen LogP contribution in [0.15, 0.2) is 12.3 Å². The lowest BCUT2D eigenvalue weighted by atomic mass is 10.5. The molecule has 0 aromatic rings. The molecule has 0 atom stereocenters. The van der Waals surface area contributed by atoms with Crippen LogP contribution in [0.3, 0.4) is 0 Å². The van der Waals surface area contributed by atoms with E-state index in [0.29, 0.717) is 0 Å². The number of aliphatic hydroxyl groups excluding tert-OH is 1. The summed E-state index contributed by atoms with van der Waals surface area (Å²) in [7, 11) is 0. The number of rotatable bonds is 3. The smallest absolute Gasteiger partial charge is 0.372 e. The fraction of sp³-hybridized carbons (Fsp3) is 0.333. The Morgan fingerprint density at radius 2 is 2.40 bits per heavy atom. The molecule has 0 saturated carbocycles. The van der Waals surface area contributed by atoms with Crippen LogP contribution in [-0.4, -0.2) is 17.7 Å².